The maximum Gasteiger partial charge on any atom is 0.170 e. The molecule has 2 fully saturated rings. The van der Waals surface area contributed by atoms with Gasteiger partial charge in [0.25, 0.3) is 0 Å². The number of ether oxygens (including phenoxy) is 1. The Balaban J connectivity index is 1.27. The molecule has 8 heteroatoms. The number of aromatic nitrogens is 2. The molecule has 2 atom stereocenters. The Morgan fingerprint density at radius 2 is 1.68 bits per heavy atom. The van der Waals surface area contributed by atoms with Crippen LogP contribution in [0.1, 0.15) is 41.1 Å². The highest BCUT2D eigenvalue weighted by Crippen LogP contribution is 2.41. The van der Waals surface area contributed by atoms with E-state index in [1.54, 1.807) is 0 Å². The zero-order chi connectivity index (χ0) is 28.2. The van der Waals surface area contributed by atoms with Gasteiger partial charge < -0.3 is 29.7 Å². The molecule has 2 aliphatic heterocycles. The van der Waals surface area contributed by atoms with Crippen LogP contribution < -0.4 is 15.5 Å². The smallest absolute Gasteiger partial charge is 0.170 e. The van der Waals surface area contributed by atoms with Gasteiger partial charge in [0.1, 0.15) is 0 Å². The molecule has 0 amide bonds. The number of aryl methyl sites for hydroxylation is 1. The van der Waals surface area contributed by atoms with E-state index in [9.17, 15) is 0 Å². The van der Waals surface area contributed by atoms with Crippen molar-refractivity contribution >= 4 is 28.7 Å². The fraction of sp³-hybridized carbons (Fsp3) is 0.333. The van der Waals surface area contributed by atoms with E-state index in [2.05, 4.69) is 106 Å². The van der Waals surface area contributed by atoms with Gasteiger partial charge in [-0.25, -0.2) is 0 Å². The minimum Gasteiger partial charge on any atom is -0.385 e. The molecule has 6 rings (SSSR count). The van der Waals surface area contributed by atoms with Gasteiger partial charge in [-0.15, -0.1) is 0 Å². The van der Waals surface area contributed by atoms with Crippen molar-refractivity contribution < 1.29 is 4.74 Å². The van der Waals surface area contributed by atoms with Crippen LogP contribution in [0.5, 0.6) is 0 Å². The number of morpholine rings is 1. The summed E-state index contributed by atoms with van der Waals surface area (Å²) in [6.07, 6.45) is 2.83. The molecule has 7 nitrogen and oxygen atoms in total. The molecular formula is C33H38N6OS. The van der Waals surface area contributed by atoms with Crippen LogP contribution >= 0.6 is 12.2 Å². The predicted molar refractivity (Wildman–Crippen MR) is 170 cm³/mol. The second kappa shape index (κ2) is 12.3. The molecule has 41 heavy (non-hydrogen) atoms. The van der Waals surface area contributed by atoms with E-state index in [0.717, 1.165) is 62.3 Å². The van der Waals surface area contributed by atoms with Gasteiger partial charge in [0.2, 0.25) is 0 Å². The lowest BCUT2D eigenvalue weighted by Gasteiger charge is -2.29. The summed E-state index contributed by atoms with van der Waals surface area (Å²) in [5.41, 5.74) is 8.27. The molecule has 4 aromatic rings. The second-order valence-corrected chi connectivity index (χ2v) is 11.1. The van der Waals surface area contributed by atoms with E-state index in [1.807, 2.05) is 18.3 Å². The van der Waals surface area contributed by atoms with Gasteiger partial charge in [0, 0.05) is 60.8 Å². The summed E-state index contributed by atoms with van der Waals surface area (Å²) in [6.45, 7) is 9.58. The van der Waals surface area contributed by atoms with Crippen LogP contribution in [0.4, 0.5) is 11.4 Å². The molecule has 2 N–H and O–H groups in total. The molecule has 0 saturated carbocycles. The number of anilines is 2. The van der Waals surface area contributed by atoms with E-state index in [-0.39, 0.29) is 12.1 Å². The molecule has 0 radical (unpaired) electrons. The summed E-state index contributed by atoms with van der Waals surface area (Å²) in [6, 6.07) is 27.7. The van der Waals surface area contributed by atoms with Gasteiger partial charge in [-0.1, -0.05) is 24.3 Å². The largest absolute Gasteiger partial charge is 0.385 e. The first-order valence-corrected chi connectivity index (χ1v) is 14.9. The number of benzene rings is 2. The molecule has 212 valence electrons. The molecule has 2 unspecified atom stereocenters. The Bertz CT molecular complexity index is 1450. The SMILES string of the molecule is Cc1cc(C2C(c3ccccn3)NC(=S)N2CCCNc2ccccc2)c(C)n1-c1ccc(N2CCOCC2)cc1. The molecule has 2 aliphatic rings. The van der Waals surface area contributed by atoms with Crippen LogP contribution in [0.15, 0.2) is 85.1 Å². The van der Waals surface area contributed by atoms with Crippen molar-refractivity contribution in [3.8, 4) is 5.69 Å². The van der Waals surface area contributed by atoms with Crippen LogP contribution in [-0.2, 0) is 4.74 Å². The van der Waals surface area contributed by atoms with Crippen LogP contribution in [-0.4, -0.2) is 59.0 Å². The summed E-state index contributed by atoms with van der Waals surface area (Å²) < 4.78 is 7.90. The lowest BCUT2D eigenvalue weighted by molar-refractivity contribution is 0.122. The van der Waals surface area contributed by atoms with Crippen LogP contribution in [0, 0.1) is 13.8 Å². The van der Waals surface area contributed by atoms with E-state index in [0.29, 0.717) is 0 Å². The molecule has 2 aromatic heterocycles. The molecule has 2 aromatic carbocycles. The van der Waals surface area contributed by atoms with Gasteiger partial charge in [-0.2, -0.15) is 0 Å². The van der Waals surface area contributed by atoms with Crippen molar-refractivity contribution in [3.63, 3.8) is 0 Å². The fourth-order valence-electron chi connectivity index (χ4n) is 6.14. The van der Waals surface area contributed by atoms with E-state index >= 15 is 0 Å². The monoisotopic (exact) mass is 566 g/mol. The summed E-state index contributed by atoms with van der Waals surface area (Å²) >= 11 is 5.94. The van der Waals surface area contributed by atoms with Gasteiger partial charge in [0.15, 0.2) is 5.11 Å². The number of para-hydroxylation sites is 1. The Hall–Kier alpha value is -3.88. The summed E-state index contributed by atoms with van der Waals surface area (Å²) in [4.78, 5) is 9.48. The Morgan fingerprint density at radius 1 is 0.951 bits per heavy atom. The number of nitrogens with zero attached hydrogens (tertiary/aromatic N) is 4. The van der Waals surface area contributed by atoms with Gasteiger partial charge in [-0.3, -0.25) is 4.98 Å². The number of nitrogens with one attached hydrogen (secondary N) is 2. The van der Waals surface area contributed by atoms with E-state index in [1.165, 1.54) is 28.3 Å². The maximum absolute atomic E-state index is 5.94. The molecule has 0 aliphatic carbocycles. The zero-order valence-electron chi connectivity index (χ0n) is 23.8. The minimum absolute atomic E-state index is 0.0246. The van der Waals surface area contributed by atoms with Gasteiger partial charge >= 0.3 is 0 Å². The van der Waals surface area contributed by atoms with Crippen molar-refractivity contribution in [2.24, 2.45) is 0 Å². The Labute approximate surface area is 248 Å². The second-order valence-electron chi connectivity index (χ2n) is 10.7. The third-order valence-corrected chi connectivity index (χ3v) is 8.50. The number of rotatable bonds is 9. The third kappa shape index (κ3) is 5.80. The highest BCUT2D eigenvalue weighted by molar-refractivity contribution is 7.80. The molecule has 0 bridgehead atoms. The first kappa shape index (κ1) is 27.3. The normalized spacial score (nSPS) is 18.9. The minimum atomic E-state index is -0.0246. The lowest BCUT2D eigenvalue weighted by Crippen LogP contribution is -2.36. The Morgan fingerprint density at radius 3 is 2.41 bits per heavy atom. The average Bonchev–Trinajstić information content (AvgIpc) is 3.50. The summed E-state index contributed by atoms with van der Waals surface area (Å²) in [5, 5.41) is 7.94. The first-order valence-electron chi connectivity index (χ1n) is 14.5. The van der Waals surface area contributed by atoms with E-state index in [4.69, 9.17) is 21.9 Å². The molecule has 2 saturated heterocycles. The number of hydrogen-bond acceptors (Lipinski definition) is 5. The first-order chi connectivity index (χ1) is 20.1. The van der Waals surface area contributed by atoms with Crippen molar-refractivity contribution in [1.29, 1.82) is 0 Å². The summed E-state index contributed by atoms with van der Waals surface area (Å²) in [5.74, 6) is 0. The standard InChI is InChI=1S/C33H38N6OS/c1-24-23-29(25(2)39(24)28-14-12-27(13-15-28)37-19-21-40-22-20-37)32-31(30-11-6-7-16-35-30)36-33(41)38(32)18-8-17-34-26-9-4-3-5-10-26/h3-7,9-16,23,31-32,34H,8,17-22H2,1-2H3,(H,36,41). The quantitative estimate of drug-likeness (QED) is 0.196. The maximum atomic E-state index is 5.94. The van der Waals surface area contributed by atoms with Gasteiger partial charge in [-0.05, 0) is 92.6 Å². The number of pyridine rings is 1. The molecule has 0 spiro atoms. The third-order valence-electron chi connectivity index (χ3n) is 8.15. The topological polar surface area (TPSA) is 57.6 Å². The molecule has 4 heterocycles. The number of hydrogen-bond donors (Lipinski definition) is 2. The van der Waals surface area contributed by atoms with Gasteiger partial charge in [0.05, 0.1) is 31.0 Å². The van der Waals surface area contributed by atoms with Crippen molar-refractivity contribution in [2.45, 2.75) is 32.4 Å². The highest BCUT2D eigenvalue weighted by atomic mass is 32.1. The number of thiocarbonyl (C=S) groups is 1. The van der Waals surface area contributed by atoms with E-state index < -0.39 is 0 Å². The van der Waals surface area contributed by atoms with Crippen molar-refractivity contribution in [3.05, 3.63) is 108 Å². The van der Waals surface area contributed by atoms with Crippen LogP contribution in [0.25, 0.3) is 5.69 Å². The highest BCUT2D eigenvalue weighted by Gasteiger charge is 2.41. The van der Waals surface area contributed by atoms with Crippen LogP contribution in [0.3, 0.4) is 0 Å². The summed E-state index contributed by atoms with van der Waals surface area (Å²) in [7, 11) is 0. The predicted octanol–water partition coefficient (Wildman–Crippen LogP) is 5.80. The molecular weight excluding hydrogens is 528 g/mol. The zero-order valence-corrected chi connectivity index (χ0v) is 24.6. The lowest BCUT2D eigenvalue weighted by atomic mass is 9.96. The Kier molecular flexibility index (Phi) is 8.21. The fourth-order valence-corrected chi connectivity index (χ4v) is 6.47. The van der Waals surface area contributed by atoms with Crippen LogP contribution in [0.2, 0.25) is 0 Å². The average molecular weight is 567 g/mol. The van der Waals surface area contributed by atoms with Crippen molar-refractivity contribution in [2.75, 3.05) is 49.6 Å². The van der Waals surface area contributed by atoms with Crippen molar-refractivity contribution in [1.82, 2.24) is 19.8 Å².